The Bertz CT molecular complexity index is 727. The maximum Gasteiger partial charge on any atom is 0.272 e. The highest BCUT2D eigenvalue weighted by molar-refractivity contribution is 5.92. The summed E-state index contributed by atoms with van der Waals surface area (Å²) in [5.41, 5.74) is 3.77. The van der Waals surface area contributed by atoms with Crippen LogP contribution in [-0.4, -0.2) is 34.4 Å². The summed E-state index contributed by atoms with van der Waals surface area (Å²) in [4.78, 5) is 22.9. The molecule has 0 aliphatic carbocycles. The summed E-state index contributed by atoms with van der Waals surface area (Å²) in [6.07, 6.45) is 3.67. The number of aromatic nitrogens is 2. The molecule has 0 unspecified atom stereocenters. The quantitative estimate of drug-likeness (QED) is 0.805. The molecule has 0 atom stereocenters. The minimum absolute atomic E-state index is 0.0761. The first-order valence-corrected chi connectivity index (χ1v) is 8.89. The third-order valence-electron chi connectivity index (χ3n) is 4.23. The summed E-state index contributed by atoms with van der Waals surface area (Å²) >= 11 is 0. The first kappa shape index (κ1) is 18.9. The molecule has 0 radical (unpaired) electrons. The lowest BCUT2D eigenvalue weighted by Gasteiger charge is -2.18. The smallest absolute Gasteiger partial charge is 0.272 e. The van der Waals surface area contributed by atoms with Crippen LogP contribution in [0.25, 0.3) is 0 Å². The molecular weight excluding hydrogens is 312 g/mol. The second kappa shape index (κ2) is 8.60. The summed E-state index contributed by atoms with van der Waals surface area (Å²) in [5, 5.41) is 3.31. The van der Waals surface area contributed by atoms with Crippen LogP contribution in [0.3, 0.4) is 0 Å². The van der Waals surface area contributed by atoms with Crippen LogP contribution in [0.5, 0.6) is 0 Å². The van der Waals surface area contributed by atoms with Crippen molar-refractivity contribution in [3.05, 3.63) is 47.3 Å². The Kier molecular flexibility index (Phi) is 6.51. The van der Waals surface area contributed by atoms with E-state index in [0.717, 1.165) is 30.6 Å². The summed E-state index contributed by atoms with van der Waals surface area (Å²) in [6, 6.07) is 7.88. The molecular formula is C20H28N4O. The molecule has 0 aliphatic rings. The number of anilines is 2. The summed E-state index contributed by atoms with van der Waals surface area (Å²) in [5.74, 6) is 0.756. The number of amides is 1. The fraction of sp³-hybridized carbons (Fsp3) is 0.450. The van der Waals surface area contributed by atoms with Crippen molar-refractivity contribution >= 4 is 17.5 Å². The highest BCUT2D eigenvalue weighted by Gasteiger charge is 2.15. The number of carbonyl (C=O) groups is 1. The molecule has 0 saturated heterocycles. The number of aryl methyl sites for hydroxylation is 1. The largest absolute Gasteiger partial charge is 0.340 e. The van der Waals surface area contributed by atoms with E-state index in [1.807, 2.05) is 7.05 Å². The monoisotopic (exact) mass is 340 g/mol. The maximum atomic E-state index is 12.5. The molecule has 0 fully saturated rings. The standard InChI is InChI=1S/C20H28N4O/c1-6-7-13-24(5)19(25)17-11-12-21-20(22-17)23-18-15(4)9-8-10-16(18)14(2)3/h8-12,14H,6-7,13H2,1-5H3,(H,21,22,23). The van der Waals surface area contributed by atoms with Gasteiger partial charge in [-0.05, 0) is 36.5 Å². The van der Waals surface area contributed by atoms with E-state index in [0.29, 0.717) is 17.6 Å². The molecule has 0 aliphatic heterocycles. The molecule has 1 amide bonds. The number of nitrogens with one attached hydrogen (secondary N) is 1. The molecule has 0 bridgehead atoms. The Morgan fingerprint density at radius 1 is 1.28 bits per heavy atom. The minimum atomic E-state index is -0.0761. The summed E-state index contributed by atoms with van der Waals surface area (Å²) < 4.78 is 0. The lowest BCUT2D eigenvalue weighted by Crippen LogP contribution is -2.28. The molecule has 1 heterocycles. The van der Waals surface area contributed by atoms with Crippen LogP contribution >= 0.6 is 0 Å². The van der Waals surface area contributed by atoms with E-state index in [9.17, 15) is 4.79 Å². The lowest BCUT2D eigenvalue weighted by molar-refractivity contribution is 0.0787. The predicted octanol–water partition coefficient (Wildman–Crippen LogP) is 4.52. The van der Waals surface area contributed by atoms with E-state index in [1.54, 1.807) is 17.2 Å². The van der Waals surface area contributed by atoms with E-state index in [-0.39, 0.29) is 5.91 Å². The molecule has 1 aromatic heterocycles. The molecule has 2 aromatic rings. The number of carbonyl (C=O) groups excluding carboxylic acids is 1. The Labute approximate surface area is 150 Å². The highest BCUT2D eigenvalue weighted by Crippen LogP contribution is 2.29. The SMILES string of the molecule is CCCCN(C)C(=O)c1ccnc(Nc2c(C)cccc2C(C)C)n1. The molecule has 1 aromatic carbocycles. The van der Waals surface area contributed by atoms with Crippen LogP contribution in [0.4, 0.5) is 11.6 Å². The van der Waals surface area contributed by atoms with E-state index in [1.165, 1.54) is 5.56 Å². The zero-order valence-corrected chi connectivity index (χ0v) is 15.8. The number of hydrogen-bond donors (Lipinski definition) is 1. The average Bonchev–Trinajstić information content (AvgIpc) is 2.60. The summed E-state index contributed by atoms with van der Waals surface area (Å²) in [7, 11) is 1.81. The van der Waals surface area contributed by atoms with Crippen LogP contribution in [-0.2, 0) is 0 Å². The van der Waals surface area contributed by atoms with Crippen molar-refractivity contribution in [1.29, 1.82) is 0 Å². The third-order valence-corrected chi connectivity index (χ3v) is 4.23. The second-order valence-electron chi connectivity index (χ2n) is 6.66. The van der Waals surface area contributed by atoms with E-state index >= 15 is 0 Å². The van der Waals surface area contributed by atoms with Crippen molar-refractivity contribution in [1.82, 2.24) is 14.9 Å². The molecule has 134 valence electrons. The van der Waals surface area contributed by atoms with Gasteiger partial charge in [0.1, 0.15) is 5.69 Å². The average molecular weight is 340 g/mol. The predicted molar refractivity (Wildman–Crippen MR) is 102 cm³/mol. The normalized spacial score (nSPS) is 10.8. The fourth-order valence-electron chi connectivity index (χ4n) is 2.68. The molecule has 0 saturated carbocycles. The van der Waals surface area contributed by atoms with Crippen LogP contribution in [0.1, 0.15) is 61.1 Å². The second-order valence-corrected chi connectivity index (χ2v) is 6.66. The zero-order chi connectivity index (χ0) is 18.4. The van der Waals surface area contributed by atoms with Gasteiger partial charge in [0.15, 0.2) is 0 Å². The Morgan fingerprint density at radius 3 is 2.72 bits per heavy atom. The topological polar surface area (TPSA) is 58.1 Å². The van der Waals surface area contributed by atoms with Crippen LogP contribution in [0.2, 0.25) is 0 Å². The van der Waals surface area contributed by atoms with Gasteiger partial charge >= 0.3 is 0 Å². The van der Waals surface area contributed by atoms with Crippen molar-refractivity contribution < 1.29 is 4.79 Å². The van der Waals surface area contributed by atoms with Crippen molar-refractivity contribution in [2.24, 2.45) is 0 Å². The van der Waals surface area contributed by atoms with Gasteiger partial charge in [0.25, 0.3) is 5.91 Å². The molecule has 2 rings (SSSR count). The van der Waals surface area contributed by atoms with Gasteiger partial charge < -0.3 is 10.2 Å². The molecule has 5 heteroatoms. The highest BCUT2D eigenvalue weighted by atomic mass is 16.2. The van der Waals surface area contributed by atoms with Crippen molar-refractivity contribution in [2.75, 3.05) is 18.9 Å². The number of unbranched alkanes of at least 4 members (excludes halogenated alkanes) is 1. The number of nitrogens with zero attached hydrogens (tertiary/aromatic N) is 3. The number of rotatable bonds is 7. The fourth-order valence-corrected chi connectivity index (χ4v) is 2.68. The van der Waals surface area contributed by atoms with E-state index < -0.39 is 0 Å². The van der Waals surface area contributed by atoms with Crippen LogP contribution < -0.4 is 5.32 Å². The van der Waals surface area contributed by atoms with Crippen molar-refractivity contribution in [3.63, 3.8) is 0 Å². The van der Waals surface area contributed by atoms with Gasteiger partial charge in [-0.15, -0.1) is 0 Å². The van der Waals surface area contributed by atoms with Crippen molar-refractivity contribution in [3.8, 4) is 0 Å². The molecule has 25 heavy (non-hydrogen) atoms. The van der Waals surface area contributed by atoms with E-state index in [2.05, 4.69) is 61.2 Å². The number of benzene rings is 1. The molecule has 1 N–H and O–H groups in total. The van der Waals surface area contributed by atoms with Crippen LogP contribution in [0, 0.1) is 6.92 Å². The lowest BCUT2D eigenvalue weighted by atomic mass is 9.98. The first-order valence-electron chi connectivity index (χ1n) is 8.89. The van der Waals surface area contributed by atoms with Gasteiger partial charge in [-0.2, -0.15) is 0 Å². The number of para-hydroxylation sites is 1. The van der Waals surface area contributed by atoms with Gasteiger partial charge in [-0.3, -0.25) is 4.79 Å². The van der Waals surface area contributed by atoms with Gasteiger partial charge in [-0.25, -0.2) is 9.97 Å². The van der Waals surface area contributed by atoms with Gasteiger partial charge in [0, 0.05) is 25.5 Å². The summed E-state index contributed by atoms with van der Waals surface area (Å²) in [6.45, 7) is 9.21. The Balaban J connectivity index is 2.24. The molecule has 0 spiro atoms. The van der Waals surface area contributed by atoms with Gasteiger partial charge in [0.05, 0.1) is 0 Å². The maximum absolute atomic E-state index is 12.5. The van der Waals surface area contributed by atoms with E-state index in [4.69, 9.17) is 0 Å². The zero-order valence-electron chi connectivity index (χ0n) is 15.8. The number of hydrogen-bond acceptors (Lipinski definition) is 4. The minimum Gasteiger partial charge on any atom is -0.340 e. The van der Waals surface area contributed by atoms with Gasteiger partial charge in [0.2, 0.25) is 5.95 Å². The third kappa shape index (κ3) is 4.78. The van der Waals surface area contributed by atoms with Crippen molar-refractivity contribution in [2.45, 2.75) is 46.5 Å². The molecule has 5 nitrogen and oxygen atoms in total. The van der Waals surface area contributed by atoms with Crippen LogP contribution in [0.15, 0.2) is 30.5 Å². The van der Waals surface area contributed by atoms with Gasteiger partial charge in [-0.1, -0.05) is 45.4 Å². The first-order chi connectivity index (χ1) is 11.9. The Morgan fingerprint density at radius 2 is 2.04 bits per heavy atom. The Hall–Kier alpha value is -2.43.